The Kier molecular flexibility index (Phi) is 4.26. The van der Waals surface area contributed by atoms with E-state index in [2.05, 4.69) is 10.2 Å². The number of thioether (sulfide) groups is 1. The van der Waals surface area contributed by atoms with Crippen molar-refractivity contribution in [2.45, 2.75) is 31.2 Å². The van der Waals surface area contributed by atoms with Crippen LogP contribution in [0, 0.1) is 6.92 Å². The van der Waals surface area contributed by atoms with E-state index in [0.717, 1.165) is 5.56 Å². The lowest BCUT2D eigenvalue weighted by Gasteiger charge is -2.06. The van der Waals surface area contributed by atoms with Gasteiger partial charge >= 0.3 is 5.97 Å². The van der Waals surface area contributed by atoms with Crippen molar-refractivity contribution in [2.24, 2.45) is 0 Å². The van der Waals surface area contributed by atoms with Gasteiger partial charge in [-0.3, -0.25) is 4.79 Å². The van der Waals surface area contributed by atoms with Crippen molar-refractivity contribution in [3.8, 4) is 11.5 Å². The van der Waals surface area contributed by atoms with Gasteiger partial charge in [-0.25, -0.2) is 0 Å². The van der Waals surface area contributed by atoms with Crippen molar-refractivity contribution >= 4 is 17.7 Å². The van der Waals surface area contributed by atoms with Crippen LogP contribution in [0.4, 0.5) is 0 Å². The molecule has 2 heterocycles. The smallest absolute Gasteiger partial charge is 0.319 e. The van der Waals surface area contributed by atoms with Crippen LogP contribution >= 0.6 is 11.8 Å². The molecule has 0 bridgehead atoms. The molecule has 2 aromatic rings. The lowest BCUT2D eigenvalue weighted by Crippen LogP contribution is -2.16. The maximum Gasteiger partial charge on any atom is 0.319 e. The molecule has 0 aliphatic rings. The van der Waals surface area contributed by atoms with Crippen molar-refractivity contribution in [3.05, 3.63) is 18.1 Å². The predicted molar refractivity (Wildman–Crippen MR) is 68.7 cm³/mol. The van der Waals surface area contributed by atoms with E-state index >= 15 is 0 Å². The number of nitrogens with zero attached hydrogens (tertiary/aromatic N) is 2. The van der Waals surface area contributed by atoms with Crippen LogP contribution in [0.2, 0.25) is 0 Å². The topological polar surface area (TPSA) is 78.4 Å². The fourth-order valence-corrected chi connectivity index (χ4v) is 2.11. The van der Waals surface area contributed by atoms with Crippen LogP contribution in [-0.2, 0) is 9.53 Å². The lowest BCUT2D eigenvalue weighted by molar-refractivity contribution is -0.142. The highest BCUT2D eigenvalue weighted by Gasteiger charge is 2.20. The normalized spacial score (nSPS) is 12.4. The minimum atomic E-state index is -0.390. The van der Waals surface area contributed by atoms with Crippen LogP contribution in [0.25, 0.3) is 11.5 Å². The molecule has 0 aliphatic carbocycles. The molecule has 0 aromatic carbocycles. The van der Waals surface area contributed by atoms with Gasteiger partial charge in [0.15, 0.2) is 0 Å². The average molecular weight is 282 g/mol. The molecule has 0 fully saturated rings. The zero-order valence-corrected chi connectivity index (χ0v) is 11.7. The molecular formula is C12H14N2O4S. The Morgan fingerprint density at radius 3 is 2.95 bits per heavy atom. The van der Waals surface area contributed by atoms with Crippen LogP contribution in [0.5, 0.6) is 0 Å². The first kappa shape index (κ1) is 13.7. The molecule has 19 heavy (non-hydrogen) atoms. The van der Waals surface area contributed by atoms with E-state index in [1.54, 1.807) is 26.2 Å². The van der Waals surface area contributed by atoms with E-state index in [4.69, 9.17) is 13.6 Å². The Labute approximate surface area is 114 Å². The molecular weight excluding hydrogens is 268 g/mol. The fraction of sp³-hybridized carbons (Fsp3) is 0.417. The number of esters is 1. The Hall–Kier alpha value is -1.76. The van der Waals surface area contributed by atoms with Gasteiger partial charge in [0.05, 0.1) is 18.4 Å². The first-order chi connectivity index (χ1) is 9.11. The molecule has 0 unspecified atom stereocenters. The SMILES string of the molecule is CCOC(=O)[C@@H](C)Sc1nnc(-c2ccoc2C)o1. The summed E-state index contributed by atoms with van der Waals surface area (Å²) in [5.41, 5.74) is 0.753. The molecule has 0 amide bonds. The van der Waals surface area contributed by atoms with Crippen molar-refractivity contribution < 1.29 is 18.4 Å². The summed E-state index contributed by atoms with van der Waals surface area (Å²) in [7, 11) is 0. The molecule has 2 aromatic heterocycles. The summed E-state index contributed by atoms with van der Waals surface area (Å²) in [6.45, 7) is 5.66. The minimum absolute atomic E-state index is 0.299. The third-order valence-electron chi connectivity index (χ3n) is 2.39. The number of aryl methyl sites for hydroxylation is 1. The number of aromatic nitrogens is 2. The van der Waals surface area contributed by atoms with Gasteiger partial charge < -0.3 is 13.6 Å². The summed E-state index contributed by atoms with van der Waals surface area (Å²) in [6, 6.07) is 1.76. The number of hydrogen-bond acceptors (Lipinski definition) is 7. The molecule has 7 heteroatoms. The van der Waals surface area contributed by atoms with Gasteiger partial charge in [-0.05, 0) is 26.8 Å². The zero-order valence-electron chi connectivity index (χ0n) is 10.9. The van der Waals surface area contributed by atoms with Crippen LogP contribution < -0.4 is 0 Å². The number of ether oxygens (including phenoxy) is 1. The molecule has 0 N–H and O–H groups in total. The van der Waals surface area contributed by atoms with Crippen molar-refractivity contribution in [1.29, 1.82) is 0 Å². The quantitative estimate of drug-likeness (QED) is 0.616. The van der Waals surface area contributed by atoms with E-state index in [-0.39, 0.29) is 5.97 Å². The first-order valence-corrected chi connectivity index (χ1v) is 6.71. The average Bonchev–Trinajstić information content (AvgIpc) is 2.98. The van der Waals surface area contributed by atoms with Crippen LogP contribution in [-0.4, -0.2) is 28.0 Å². The molecule has 6 nitrogen and oxygen atoms in total. The zero-order chi connectivity index (χ0) is 13.8. The van der Waals surface area contributed by atoms with Crippen LogP contribution in [0.1, 0.15) is 19.6 Å². The van der Waals surface area contributed by atoms with Gasteiger partial charge in [0.25, 0.3) is 11.1 Å². The van der Waals surface area contributed by atoms with Gasteiger partial charge in [0, 0.05) is 0 Å². The van der Waals surface area contributed by atoms with Crippen LogP contribution in [0.3, 0.4) is 0 Å². The first-order valence-electron chi connectivity index (χ1n) is 5.83. The molecule has 2 rings (SSSR count). The standard InChI is InChI=1S/C12H14N2O4S/c1-4-16-11(15)8(3)19-12-14-13-10(18-12)9-5-6-17-7(9)2/h5-6,8H,4H2,1-3H3/t8-/m1/s1. The van der Waals surface area contributed by atoms with Crippen LogP contribution in [0.15, 0.2) is 26.4 Å². The molecule has 0 radical (unpaired) electrons. The van der Waals surface area contributed by atoms with Crippen molar-refractivity contribution in [2.75, 3.05) is 6.61 Å². The summed E-state index contributed by atoms with van der Waals surface area (Å²) < 4.78 is 15.6. The highest BCUT2D eigenvalue weighted by atomic mass is 32.2. The van der Waals surface area contributed by atoms with E-state index in [0.29, 0.717) is 23.5 Å². The largest absolute Gasteiger partial charge is 0.469 e. The summed E-state index contributed by atoms with van der Waals surface area (Å²) in [5.74, 6) is 0.787. The third kappa shape index (κ3) is 3.17. The number of hydrogen-bond donors (Lipinski definition) is 0. The second-order valence-corrected chi connectivity index (χ2v) is 5.07. The number of furan rings is 1. The molecule has 0 aliphatic heterocycles. The highest BCUT2D eigenvalue weighted by molar-refractivity contribution is 8.00. The van der Waals surface area contributed by atoms with E-state index < -0.39 is 5.25 Å². The van der Waals surface area contributed by atoms with Crippen molar-refractivity contribution in [1.82, 2.24) is 10.2 Å². The monoisotopic (exact) mass is 282 g/mol. The minimum Gasteiger partial charge on any atom is -0.469 e. The Morgan fingerprint density at radius 2 is 2.32 bits per heavy atom. The predicted octanol–water partition coefficient (Wildman–Crippen LogP) is 2.68. The van der Waals surface area contributed by atoms with Gasteiger partial charge in [-0.15, -0.1) is 10.2 Å². The van der Waals surface area contributed by atoms with Gasteiger partial charge in [-0.2, -0.15) is 0 Å². The lowest BCUT2D eigenvalue weighted by atomic mass is 10.3. The number of carbonyl (C=O) groups is 1. The Bertz CT molecular complexity index is 564. The Morgan fingerprint density at radius 1 is 1.53 bits per heavy atom. The summed E-state index contributed by atoms with van der Waals surface area (Å²) in [5, 5.41) is 7.76. The maximum atomic E-state index is 11.5. The Balaban J connectivity index is 2.06. The van der Waals surface area contributed by atoms with Gasteiger partial charge in [0.2, 0.25) is 0 Å². The number of rotatable bonds is 5. The molecule has 0 saturated carbocycles. The van der Waals surface area contributed by atoms with Gasteiger partial charge in [-0.1, -0.05) is 11.8 Å². The molecule has 102 valence electrons. The molecule has 1 atom stereocenters. The van der Waals surface area contributed by atoms with E-state index in [1.165, 1.54) is 11.8 Å². The van der Waals surface area contributed by atoms with Crippen molar-refractivity contribution in [3.63, 3.8) is 0 Å². The highest BCUT2D eigenvalue weighted by Crippen LogP contribution is 2.28. The summed E-state index contributed by atoms with van der Waals surface area (Å²) in [4.78, 5) is 11.5. The summed E-state index contributed by atoms with van der Waals surface area (Å²) in [6.07, 6.45) is 1.56. The summed E-state index contributed by atoms with van der Waals surface area (Å²) >= 11 is 1.17. The second-order valence-electron chi connectivity index (χ2n) is 3.78. The maximum absolute atomic E-state index is 11.5. The fourth-order valence-electron chi connectivity index (χ4n) is 1.43. The number of carbonyl (C=O) groups excluding carboxylic acids is 1. The van der Waals surface area contributed by atoms with Gasteiger partial charge in [0.1, 0.15) is 11.0 Å². The molecule has 0 saturated heterocycles. The van der Waals surface area contributed by atoms with E-state index in [9.17, 15) is 4.79 Å². The third-order valence-corrected chi connectivity index (χ3v) is 3.30. The second kappa shape index (κ2) is 5.92. The molecule has 0 spiro atoms. The van der Waals surface area contributed by atoms with E-state index in [1.807, 2.05) is 6.92 Å².